The zero-order valence-electron chi connectivity index (χ0n) is 19.0. The molecule has 0 spiro atoms. The summed E-state index contributed by atoms with van der Waals surface area (Å²) in [5.74, 6) is 0. The first-order valence-corrected chi connectivity index (χ1v) is 12.8. The lowest BCUT2D eigenvalue weighted by Crippen LogP contribution is -2.57. The van der Waals surface area contributed by atoms with Gasteiger partial charge in [-0.05, 0) is 54.3 Å². The van der Waals surface area contributed by atoms with Crippen LogP contribution in [0.3, 0.4) is 0 Å². The molecule has 0 amide bonds. The molecule has 2 aromatic carbocycles. The van der Waals surface area contributed by atoms with E-state index in [1.807, 2.05) is 30.3 Å². The second kappa shape index (κ2) is 6.10. The molecule has 3 aromatic rings. The monoisotopic (exact) mass is 379 g/mol. The number of aryl methyl sites for hydroxylation is 4. The molecule has 0 saturated heterocycles. The Morgan fingerprint density at radius 1 is 0.962 bits per heavy atom. The van der Waals surface area contributed by atoms with E-state index in [0.717, 1.165) is 11.3 Å². The molecule has 26 heavy (non-hydrogen) atoms. The smallest absolute Gasteiger partial charge is 0.201 e. The average Bonchev–Trinajstić information content (AvgIpc) is 2.63. The van der Waals surface area contributed by atoms with Gasteiger partial charge < -0.3 is 0 Å². The van der Waals surface area contributed by atoms with E-state index in [4.69, 9.17) is 4.11 Å². The summed E-state index contributed by atoms with van der Waals surface area (Å²) in [4.78, 5) is 2.70. The topological polar surface area (TPSA) is 3.88 Å². The number of fused-ring (bicyclic) bond motifs is 2. The van der Waals surface area contributed by atoms with Crippen LogP contribution in [-0.4, -0.2) is 8.07 Å². The molecule has 0 unspecified atom stereocenters. The van der Waals surface area contributed by atoms with Crippen LogP contribution in [0.1, 0.15) is 20.8 Å². The van der Waals surface area contributed by atoms with Crippen LogP contribution in [0.5, 0.6) is 0 Å². The number of benzene rings is 2. The van der Waals surface area contributed by atoms with Crippen molar-refractivity contribution in [2.75, 3.05) is 0 Å². The molecule has 0 atom stereocenters. The minimum Gasteiger partial charge on any atom is -0.201 e. The molecular formula is C23H26NSSi+. The summed E-state index contributed by atoms with van der Waals surface area (Å²) in [7, 11) is 0.0333. The standard InChI is InChI=1S/C23H26NSSi/c1-15-11-12-20-23(22(15)18-13-16(2)17(3)14-24(18)4)26(5,6)21-10-8-7-9-19(21)25-20/h7-14H,1-6H3/q+1/i3D3. The summed E-state index contributed by atoms with van der Waals surface area (Å²) < 4.78 is 25.5. The molecule has 0 radical (unpaired) electrons. The van der Waals surface area contributed by atoms with Crippen LogP contribution in [0.4, 0.5) is 0 Å². The van der Waals surface area contributed by atoms with Gasteiger partial charge in [0.2, 0.25) is 5.69 Å². The van der Waals surface area contributed by atoms with E-state index < -0.39 is 14.9 Å². The lowest BCUT2D eigenvalue weighted by atomic mass is 10.0. The lowest BCUT2D eigenvalue weighted by molar-refractivity contribution is -0.660. The lowest BCUT2D eigenvalue weighted by Gasteiger charge is -2.34. The molecule has 1 aliphatic rings. The zero-order chi connectivity index (χ0) is 21.1. The first-order chi connectivity index (χ1) is 13.5. The summed E-state index contributed by atoms with van der Waals surface area (Å²) in [5, 5.41) is 2.93. The fourth-order valence-corrected chi connectivity index (χ4v) is 9.92. The highest BCUT2D eigenvalue weighted by atomic mass is 32.2. The number of aromatic nitrogens is 1. The van der Waals surface area contributed by atoms with Gasteiger partial charge in [-0.3, -0.25) is 0 Å². The van der Waals surface area contributed by atoms with Crippen LogP contribution in [0.15, 0.2) is 58.5 Å². The third-order valence-electron chi connectivity index (χ3n) is 5.52. The molecule has 4 rings (SSSR count). The van der Waals surface area contributed by atoms with Crippen LogP contribution in [-0.2, 0) is 7.05 Å². The molecule has 0 aliphatic carbocycles. The maximum Gasteiger partial charge on any atom is 0.212 e. The van der Waals surface area contributed by atoms with Crippen molar-refractivity contribution in [3.8, 4) is 11.3 Å². The fourth-order valence-electron chi connectivity index (χ4n) is 4.05. The van der Waals surface area contributed by atoms with Gasteiger partial charge in [0, 0.05) is 31.1 Å². The molecule has 3 heteroatoms. The van der Waals surface area contributed by atoms with E-state index in [-0.39, 0.29) is 0 Å². The summed E-state index contributed by atoms with van der Waals surface area (Å²) in [6.07, 6.45) is 1.79. The summed E-state index contributed by atoms with van der Waals surface area (Å²) in [6, 6.07) is 15.3. The SMILES string of the molecule is [2H]C([2H])([2H])c1c[n+](C)c(-c2c(C)ccc3c2[Si](C)(C)c2ccccc2S3)cc1C. The highest BCUT2D eigenvalue weighted by Gasteiger charge is 2.39. The van der Waals surface area contributed by atoms with Gasteiger partial charge in [-0.15, -0.1) is 0 Å². The quantitative estimate of drug-likeness (QED) is 0.448. The van der Waals surface area contributed by atoms with Crippen molar-refractivity contribution >= 4 is 30.2 Å². The highest BCUT2D eigenvalue weighted by molar-refractivity contribution is 8.00. The first kappa shape index (κ1) is 14.2. The van der Waals surface area contributed by atoms with E-state index in [9.17, 15) is 0 Å². The van der Waals surface area contributed by atoms with E-state index in [0.29, 0.717) is 5.56 Å². The number of pyridine rings is 1. The second-order valence-corrected chi connectivity index (χ2v) is 13.1. The third kappa shape index (κ3) is 2.57. The van der Waals surface area contributed by atoms with E-state index in [2.05, 4.69) is 62.5 Å². The summed E-state index contributed by atoms with van der Waals surface area (Å²) in [5.41, 5.74) is 4.83. The van der Waals surface area contributed by atoms with E-state index in [1.165, 1.54) is 31.3 Å². The molecule has 0 saturated carbocycles. The van der Waals surface area contributed by atoms with E-state index >= 15 is 0 Å². The first-order valence-electron chi connectivity index (χ1n) is 10.4. The fraction of sp³-hybridized carbons (Fsp3) is 0.261. The van der Waals surface area contributed by atoms with Crippen LogP contribution >= 0.6 is 11.8 Å². The Labute approximate surface area is 166 Å². The van der Waals surface area contributed by atoms with Crippen molar-refractivity contribution in [3.63, 3.8) is 0 Å². The van der Waals surface area contributed by atoms with Gasteiger partial charge in [-0.25, -0.2) is 4.57 Å². The zero-order valence-corrected chi connectivity index (χ0v) is 17.8. The van der Waals surface area contributed by atoms with Crippen molar-refractivity contribution in [2.45, 2.75) is 43.6 Å². The van der Waals surface area contributed by atoms with Crippen LogP contribution in [0.25, 0.3) is 11.3 Å². The Kier molecular flexibility index (Phi) is 3.34. The molecule has 0 fully saturated rings. The normalized spacial score (nSPS) is 16.9. The highest BCUT2D eigenvalue weighted by Crippen LogP contribution is 2.37. The second-order valence-electron chi connectivity index (χ2n) is 7.72. The minimum atomic E-state index is -2.10. The molecular weight excluding hydrogens is 350 g/mol. The third-order valence-corrected chi connectivity index (χ3v) is 10.6. The van der Waals surface area contributed by atoms with Gasteiger partial charge in [-0.1, -0.05) is 49.1 Å². The van der Waals surface area contributed by atoms with Crippen LogP contribution in [0, 0.1) is 20.7 Å². The molecule has 1 nitrogen and oxygen atoms in total. The molecule has 132 valence electrons. The van der Waals surface area contributed by atoms with Crippen molar-refractivity contribution in [1.29, 1.82) is 0 Å². The van der Waals surface area contributed by atoms with Gasteiger partial charge in [0.1, 0.15) is 15.1 Å². The molecule has 1 aliphatic heterocycles. The Morgan fingerprint density at radius 2 is 1.73 bits per heavy atom. The molecule has 0 bridgehead atoms. The Hall–Kier alpha value is -1.84. The van der Waals surface area contributed by atoms with Gasteiger partial charge >= 0.3 is 0 Å². The van der Waals surface area contributed by atoms with E-state index in [1.54, 1.807) is 6.20 Å². The van der Waals surface area contributed by atoms with Crippen molar-refractivity contribution in [3.05, 3.63) is 65.4 Å². The number of hydrogen-bond acceptors (Lipinski definition) is 1. The minimum absolute atomic E-state index is 0.419. The van der Waals surface area contributed by atoms with Crippen molar-refractivity contribution in [2.24, 2.45) is 7.05 Å². The summed E-state index contributed by atoms with van der Waals surface area (Å²) in [6.45, 7) is 6.82. The number of hydrogen-bond donors (Lipinski definition) is 0. The molecule has 0 N–H and O–H groups in total. The maximum atomic E-state index is 7.85. The Morgan fingerprint density at radius 3 is 2.50 bits per heavy atom. The van der Waals surface area contributed by atoms with Gasteiger partial charge in [0.25, 0.3) is 0 Å². The van der Waals surface area contributed by atoms with Gasteiger partial charge in [0.15, 0.2) is 6.20 Å². The maximum absolute atomic E-state index is 7.85. The van der Waals surface area contributed by atoms with Gasteiger partial charge in [0.05, 0.1) is 0 Å². The van der Waals surface area contributed by atoms with Gasteiger partial charge in [-0.2, -0.15) is 0 Å². The number of rotatable bonds is 1. The Bertz CT molecular complexity index is 1140. The molecule has 2 heterocycles. The van der Waals surface area contributed by atoms with Crippen LogP contribution in [0.2, 0.25) is 13.1 Å². The predicted molar refractivity (Wildman–Crippen MR) is 115 cm³/mol. The predicted octanol–water partition coefficient (Wildman–Crippen LogP) is 4.39. The Balaban J connectivity index is 2.01. The van der Waals surface area contributed by atoms with Crippen molar-refractivity contribution in [1.82, 2.24) is 0 Å². The number of nitrogens with zero attached hydrogens (tertiary/aromatic N) is 1. The largest absolute Gasteiger partial charge is 0.212 e. The summed E-state index contributed by atoms with van der Waals surface area (Å²) >= 11 is 1.86. The van der Waals surface area contributed by atoms with Crippen molar-refractivity contribution < 1.29 is 8.68 Å². The van der Waals surface area contributed by atoms with Crippen LogP contribution < -0.4 is 14.9 Å². The molecule has 1 aromatic heterocycles. The average molecular weight is 380 g/mol.